The van der Waals surface area contributed by atoms with Crippen LogP contribution in [0.2, 0.25) is 0 Å². The van der Waals surface area contributed by atoms with Crippen molar-refractivity contribution in [2.24, 2.45) is 4.99 Å². The summed E-state index contributed by atoms with van der Waals surface area (Å²) >= 11 is 0. The number of piperazine rings is 1. The molecule has 0 unspecified atom stereocenters. The maximum atomic E-state index is 12.5. The Morgan fingerprint density at radius 1 is 1.13 bits per heavy atom. The molecule has 0 aliphatic carbocycles. The molecule has 4 aliphatic rings. The summed E-state index contributed by atoms with van der Waals surface area (Å²) in [5, 5.41) is 21.0. The molecule has 1 atom stereocenters. The Labute approximate surface area is 270 Å². The fraction of sp³-hybridized carbons (Fsp3) is 0.441. The van der Waals surface area contributed by atoms with Gasteiger partial charge in [-0.2, -0.15) is 5.26 Å². The number of rotatable bonds is 8. The number of ether oxygens (including phenoxy) is 1. The van der Waals surface area contributed by atoms with Gasteiger partial charge in [0.2, 0.25) is 5.91 Å². The number of amides is 1. The highest BCUT2D eigenvalue weighted by Gasteiger charge is 2.32. The summed E-state index contributed by atoms with van der Waals surface area (Å²) < 4.78 is 5.87. The molecule has 0 radical (unpaired) electrons. The van der Waals surface area contributed by atoms with E-state index in [9.17, 15) is 10.1 Å². The zero-order chi connectivity index (χ0) is 32.0. The molecule has 46 heavy (non-hydrogen) atoms. The molecule has 2 aromatic rings. The zero-order valence-electron chi connectivity index (χ0n) is 26.7. The van der Waals surface area contributed by atoms with Crippen LogP contribution in [0.15, 0.2) is 65.9 Å². The van der Waals surface area contributed by atoms with Gasteiger partial charge in [0.15, 0.2) is 5.84 Å². The molecule has 12 nitrogen and oxygen atoms in total. The number of nitrogens with one attached hydrogen (secondary N) is 3. The molecule has 3 fully saturated rings. The minimum Gasteiger partial charge on any atom is -0.494 e. The van der Waals surface area contributed by atoms with Crippen molar-refractivity contribution >= 4 is 28.8 Å². The second kappa shape index (κ2) is 14.2. The topological polar surface area (TPSA) is 121 Å². The van der Waals surface area contributed by atoms with Crippen LogP contribution in [0.5, 0.6) is 5.75 Å². The van der Waals surface area contributed by atoms with E-state index in [1.807, 2.05) is 41.5 Å². The van der Waals surface area contributed by atoms with E-state index in [1.165, 1.54) is 6.08 Å². The summed E-state index contributed by atoms with van der Waals surface area (Å²) in [6, 6.07) is 14.3. The minimum atomic E-state index is -0.271. The molecule has 242 valence electrons. The highest BCUT2D eigenvalue weighted by atomic mass is 16.7. The predicted octanol–water partition coefficient (Wildman–Crippen LogP) is 3.50. The summed E-state index contributed by atoms with van der Waals surface area (Å²) in [5.41, 5.74) is 3.93. The lowest BCUT2D eigenvalue weighted by Crippen LogP contribution is -2.52. The fourth-order valence-corrected chi connectivity index (χ4v) is 6.64. The van der Waals surface area contributed by atoms with Gasteiger partial charge in [0.1, 0.15) is 18.2 Å². The van der Waals surface area contributed by atoms with Crippen molar-refractivity contribution in [1.29, 1.82) is 5.26 Å². The number of anilines is 3. The first-order valence-corrected chi connectivity index (χ1v) is 16.0. The molecule has 6 rings (SSSR count). The molecule has 0 spiro atoms. The van der Waals surface area contributed by atoms with Gasteiger partial charge >= 0.3 is 0 Å². The quantitative estimate of drug-likeness (QED) is 0.376. The number of amidine groups is 1. The third-order valence-electron chi connectivity index (χ3n) is 9.20. The Balaban J connectivity index is 1.21. The van der Waals surface area contributed by atoms with E-state index in [-0.39, 0.29) is 11.9 Å². The first-order chi connectivity index (χ1) is 22.4. The molecule has 12 heteroatoms. The number of likely N-dealkylation sites (N-methyl/N-ethyl adjacent to an activating group) is 1. The molecule has 2 aromatic carbocycles. The number of hydrogen-bond donors (Lipinski definition) is 3. The Morgan fingerprint density at radius 3 is 2.67 bits per heavy atom. The van der Waals surface area contributed by atoms with Crippen LogP contribution in [-0.2, 0) is 9.63 Å². The minimum absolute atomic E-state index is 0.0578. The van der Waals surface area contributed by atoms with E-state index in [0.717, 1.165) is 69.8 Å². The molecule has 3 saturated heterocycles. The Kier molecular flexibility index (Phi) is 9.73. The highest BCUT2D eigenvalue weighted by Crippen LogP contribution is 2.39. The molecule has 0 aromatic heterocycles. The number of hydroxylamine groups is 2. The lowest BCUT2D eigenvalue weighted by molar-refractivity contribution is -0.111. The number of methoxy groups -OCH3 is 1. The summed E-state index contributed by atoms with van der Waals surface area (Å²) in [5.74, 6) is 1.77. The van der Waals surface area contributed by atoms with Gasteiger partial charge < -0.3 is 30.5 Å². The average molecular weight is 626 g/mol. The number of aliphatic imine (C=N–C) groups is 1. The van der Waals surface area contributed by atoms with Crippen LogP contribution in [-0.4, -0.2) is 99.3 Å². The van der Waals surface area contributed by atoms with Crippen molar-refractivity contribution in [1.82, 2.24) is 20.2 Å². The fourth-order valence-electron chi connectivity index (χ4n) is 6.64. The number of hydrogen-bond acceptors (Lipinski definition) is 11. The standard InChI is InChI=1S/C34H43N9O3/c1-4-34(44)39-27-19-28(31(45-3)20-30(27)42-11-8-26(9-12-42)41-15-13-40(2)14-16-41)38-32-21-33(37-23-36-32)43-29(10-17-46-43)25-7-5-6-24(18-25)22-35/h4-7,18-21,26,29,36,38H,1,8-17,23H2,2-3H3,(H,39,44)/t29-/m1/s1. The molecule has 4 aliphatic heterocycles. The van der Waals surface area contributed by atoms with Gasteiger partial charge in [-0.1, -0.05) is 18.7 Å². The van der Waals surface area contributed by atoms with Crippen LogP contribution >= 0.6 is 0 Å². The van der Waals surface area contributed by atoms with Crippen LogP contribution in [0.4, 0.5) is 17.1 Å². The van der Waals surface area contributed by atoms with E-state index in [2.05, 4.69) is 55.3 Å². The second-order valence-corrected chi connectivity index (χ2v) is 12.1. The third kappa shape index (κ3) is 6.97. The first kappa shape index (κ1) is 31.4. The maximum absolute atomic E-state index is 12.5. The molecule has 0 bridgehead atoms. The van der Waals surface area contributed by atoms with Gasteiger partial charge in [0, 0.05) is 63.9 Å². The van der Waals surface area contributed by atoms with Crippen LogP contribution in [0.25, 0.3) is 0 Å². The second-order valence-electron chi connectivity index (χ2n) is 12.1. The largest absolute Gasteiger partial charge is 0.494 e. The third-order valence-corrected chi connectivity index (χ3v) is 9.20. The molecular weight excluding hydrogens is 582 g/mol. The SMILES string of the molecule is C=CC(=O)Nc1cc(NC2=CC(N3OCC[C@@H]3c3cccc(C#N)c3)=NCN2)c(OC)cc1N1CCC(N2CCN(C)CC2)CC1. The van der Waals surface area contributed by atoms with E-state index in [4.69, 9.17) is 9.57 Å². The smallest absolute Gasteiger partial charge is 0.247 e. The van der Waals surface area contributed by atoms with Crippen molar-refractivity contribution in [2.45, 2.75) is 31.3 Å². The van der Waals surface area contributed by atoms with E-state index >= 15 is 0 Å². The Morgan fingerprint density at radius 2 is 1.93 bits per heavy atom. The van der Waals surface area contributed by atoms with E-state index in [0.29, 0.717) is 53.7 Å². The Hall–Kier alpha value is -4.57. The summed E-state index contributed by atoms with van der Waals surface area (Å²) in [7, 11) is 3.84. The average Bonchev–Trinajstić information content (AvgIpc) is 3.59. The van der Waals surface area contributed by atoms with Gasteiger partial charge in [-0.3, -0.25) is 14.5 Å². The van der Waals surface area contributed by atoms with Crippen LogP contribution in [0.3, 0.4) is 0 Å². The zero-order valence-corrected chi connectivity index (χ0v) is 26.7. The maximum Gasteiger partial charge on any atom is 0.247 e. The van der Waals surface area contributed by atoms with Crippen molar-refractivity contribution in [3.05, 3.63) is 72.1 Å². The van der Waals surface area contributed by atoms with Crippen LogP contribution in [0.1, 0.15) is 36.4 Å². The van der Waals surface area contributed by atoms with E-state index < -0.39 is 0 Å². The number of nitriles is 1. The number of carbonyl (C=O) groups is 1. The van der Waals surface area contributed by atoms with Gasteiger partial charge in [0.25, 0.3) is 0 Å². The summed E-state index contributed by atoms with van der Waals surface area (Å²) in [6.07, 6.45) is 6.11. The lowest BCUT2D eigenvalue weighted by Gasteiger charge is -2.43. The van der Waals surface area contributed by atoms with Crippen LogP contribution < -0.4 is 25.6 Å². The lowest BCUT2D eigenvalue weighted by atomic mass is 10.0. The number of benzene rings is 2. The van der Waals surface area contributed by atoms with Crippen molar-refractivity contribution in [3.63, 3.8) is 0 Å². The monoisotopic (exact) mass is 625 g/mol. The highest BCUT2D eigenvalue weighted by molar-refractivity contribution is 6.02. The van der Waals surface area contributed by atoms with Crippen molar-refractivity contribution in [3.8, 4) is 11.8 Å². The number of nitrogens with zero attached hydrogens (tertiary/aromatic N) is 6. The Bertz CT molecular complexity index is 1530. The van der Waals surface area contributed by atoms with Gasteiger partial charge in [-0.25, -0.2) is 10.1 Å². The normalized spacial score (nSPS) is 21.1. The van der Waals surface area contributed by atoms with Gasteiger partial charge in [-0.05, 0) is 49.7 Å². The first-order valence-electron chi connectivity index (χ1n) is 16.0. The summed E-state index contributed by atoms with van der Waals surface area (Å²) in [6.45, 7) is 10.8. The number of piperidine rings is 1. The molecule has 4 heterocycles. The molecular formula is C34H43N9O3. The van der Waals surface area contributed by atoms with Gasteiger partial charge in [-0.15, -0.1) is 0 Å². The summed E-state index contributed by atoms with van der Waals surface area (Å²) in [4.78, 5) is 30.6. The van der Waals surface area contributed by atoms with Crippen molar-refractivity contribution in [2.75, 3.05) is 82.2 Å². The molecule has 0 saturated carbocycles. The number of carbonyl (C=O) groups excluding carboxylic acids is 1. The predicted molar refractivity (Wildman–Crippen MR) is 180 cm³/mol. The molecule has 1 amide bonds. The van der Waals surface area contributed by atoms with Crippen LogP contribution in [0, 0.1) is 11.3 Å². The van der Waals surface area contributed by atoms with Gasteiger partial charge in [0.05, 0.1) is 48.5 Å². The van der Waals surface area contributed by atoms with E-state index in [1.54, 1.807) is 13.2 Å². The van der Waals surface area contributed by atoms with Crippen molar-refractivity contribution < 1.29 is 14.4 Å². The molecule has 3 N–H and O–H groups in total.